The summed E-state index contributed by atoms with van der Waals surface area (Å²) in [4.78, 5) is 14.8. The third kappa shape index (κ3) is 22.0. The third-order valence-electron chi connectivity index (χ3n) is 8.72. The average molecular weight is 1150 g/mol. The van der Waals surface area contributed by atoms with E-state index in [2.05, 4.69) is 48.7 Å². The molecule has 0 spiro atoms. The Morgan fingerprint density at radius 1 is 0.681 bits per heavy atom. The number of sulfone groups is 2. The van der Waals surface area contributed by atoms with Gasteiger partial charge in [0.2, 0.25) is 10.4 Å². The maximum Gasteiger partial charge on any atom is 1.00 e. The van der Waals surface area contributed by atoms with E-state index in [1.54, 1.807) is 18.2 Å². The van der Waals surface area contributed by atoms with E-state index in [-0.39, 0.29) is 209 Å². The SMILES string of the molecule is O=C(c1cccc(N=Nc2c(SOO[O-])cc3c(N=Nc4ccc(S(=O)(=O)CCOSOO[O-])cc4)c(NCS(=O)(=O)[O-])ccc3c2O)c1)N(CCS(=O)(=O)CCOS(=O)(=O)[O-])c1ccccc1.[Na+].[Na+].[Na+].[Na+]. The van der Waals surface area contributed by atoms with Gasteiger partial charge in [0.15, 0.2) is 37.7 Å². The molecule has 0 saturated heterocycles. The summed E-state index contributed by atoms with van der Waals surface area (Å²) in [6.45, 7) is -1.70. The van der Waals surface area contributed by atoms with E-state index in [4.69, 9.17) is 4.18 Å². The van der Waals surface area contributed by atoms with Crippen molar-refractivity contribution in [1.82, 2.24) is 0 Å². The summed E-state index contributed by atoms with van der Waals surface area (Å²) in [5, 5.41) is 58.0. The number of azo groups is 2. The van der Waals surface area contributed by atoms with Crippen LogP contribution in [0, 0.1) is 0 Å². The van der Waals surface area contributed by atoms with Gasteiger partial charge in [-0.15, -0.1) is 14.6 Å². The number of amides is 1. The zero-order valence-corrected chi connectivity index (χ0v) is 51.0. The standard InChI is InChI=1S/C36H36N6O20S6.4Na/c43-35-29-13-14-31(37-23-67(51,52)53)33(40-38-25-9-11-28(12-10-25)66(49,50)20-16-57-64-62-60-46)30(29)22-32(63-61-59-45)34(35)41-39-26-6-4-5-24(21-26)36(44)42(27-7-2-1-3-8-27)15-18-65(47,48)19-17-58-68(54,55)56;;;;/h1-14,21-22,37,43,45-46H,15-20,23H2,(H,51,52,53)(H,54,55,56);;;;/q;4*+1/p-4. The minimum absolute atomic E-state index is 0. The van der Waals surface area contributed by atoms with Gasteiger partial charge in [0.25, 0.3) is 5.91 Å². The zero-order chi connectivity index (χ0) is 49.5. The number of aromatic hydroxyl groups is 1. The van der Waals surface area contributed by atoms with Gasteiger partial charge >= 0.3 is 118 Å². The molecule has 0 heterocycles. The third-order valence-corrected chi connectivity index (χ3v) is 13.9. The molecule has 0 saturated carbocycles. The van der Waals surface area contributed by atoms with Gasteiger partial charge in [-0.25, -0.2) is 33.7 Å². The summed E-state index contributed by atoms with van der Waals surface area (Å²) in [5.74, 6) is -4.42. The van der Waals surface area contributed by atoms with Gasteiger partial charge in [-0.05, 0) is 72.8 Å². The molecule has 0 aliphatic heterocycles. The Hall–Kier alpha value is -1.27. The first-order valence-electron chi connectivity index (χ1n) is 18.5. The number of fused-ring (bicyclic) bond motifs is 1. The number of phenols is 1. The molecule has 5 aromatic rings. The van der Waals surface area contributed by atoms with Crippen LogP contribution in [0.5, 0.6) is 5.75 Å². The van der Waals surface area contributed by atoms with Crippen molar-refractivity contribution in [2.24, 2.45) is 20.5 Å². The van der Waals surface area contributed by atoms with Crippen molar-refractivity contribution in [3.8, 4) is 5.75 Å². The molecule has 366 valence electrons. The summed E-state index contributed by atoms with van der Waals surface area (Å²) in [7, 11) is -17.9. The molecule has 0 aliphatic carbocycles. The molecule has 1 amide bonds. The van der Waals surface area contributed by atoms with Crippen molar-refractivity contribution in [3.05, 3.63) is 103 Å². The van der Waals surface area contributed by atoms with E-state index in [1.807, 2.05) is 0 Å². The molecule has 0 unspecified atom stereocenters. The number of carbonyl (C=O) groups excluding carboxylic acids is 1. The average Bonchev–Trinajstić information content (AvgIpc) is 3.29. The Balaban J connectivity index is 0.00000648. The number of nitrogens with zero attached hydrogens (tertiary/aromatic N) is 5. The van der Waals surface area contributed by atoms with Gasteiger partial charge in [-0.3, -0.25) is 23.2 Å². The molecule has 5 aromatic carbocycles. The van der Waals surface area contributed by atoms with E-state index < -0.39 is 88.1 Å². The van der Waals surface area contributed by atoms with Crippen LogP contribution < -0.4 is 139 Å². The van der Waals surface area contributed by atoms with E-state index in [0.717, 1.165) is 4.90 Å². The Kier molecular flexibility index (Phi) is 31.0. The summed E-state index contributed by atoms with van der Waals surface area (Å²) in [6, 6.07) is 22.2. The summed E-state index contributed by atoms with van der Waals surface area (Å²) < 4.78 is 135. The first-order chi connectivity index (χ1) is 32.2. The minimum atomic E-state index is -5.14. The Morgan fingerprint density at radius 2 is 1.33 bits per heavy atom. The number of benzene rings is 5. The predicted molar refractivity (Wildman–Crippen MR) is 233 cm³/mol. The Morgan fingerprint density at radius 3 is 1.97 bits per heavy atom. The maximum absolute atomic E-state index is 13.9. The second kappa shape index (κ2) is 32.5. The quantitative estimate of drug-likeness (QED) is 0.00759. The van der Waals surface area contributed by atoms with Gasteiger partial charge < -0.3 is 34.9 Å². The van der Waals surface area contributed by atoms with Gasteiger partial charge in [0.05, 0.1) is 69.4 Å². The molecule has 0 aliphatic rings. The van der Waals surface area contributed by atoms with Gasteiger partial charge in [0.1, 0.15) is 27.4 Å². The van der Waals surface area contributed by atoms with Crippen molar-refractivity contribution in [1.29, 1.82) is 0 Å². The van der Waals surface area contributed by atoms with Gasteiger partial charge in [0, 0.05) is 28.6 Å². The molecule has 0 radical (unpaired) electrons. The van der Waals surface area contributed by atoms with Crippen LogP contribution in [0.25, 0.3) is 10.8 Å². The van der Waals surface area contributed by atoms with E-state index >= 15 is 0 Å². The van der Waals surface area contributed by atoms with E-state index in [9.17, 15) is 63.2 Å². The minimum Gasteiger partial charge on any atom is -0.747 e. The van der Waals surface area contributed by atoms with Crippen LogP contribution in [0.2, 0.25) is 0 Å². The topological polar surface area (TPSA) is 386 Å². The largest absolute Gasteiger partial charge is 1.00 e. The zero-order valence-electron chi connectivity index (χ0n) is 38.1. The van der Waals surface area contributed by atoms with Crippen LogP contribution in [0.3, 0.4) is 0 Å². The predicted octanol–water partition coefficient (Wildman–Crippen LogP) is -8.35. The van der Waals surface area contributed by atoms with Crippen molar-refractivity contribution in [2.45, 2.75) is 9.79 Å². The van der Waals surface area contributed by atoms with Gasteiger partial charge in [-0.2, -0.15) is 14.6 Å². The maximum atomic E-state index is 13.9. The molecule has 2 N–H and O–H groups in total. The number of hydrogen-bond donors (Lipinski definition) is 2. The Labute approximate surface area is 509 Å². The number of rotatable bonds is 26. The number of para-hydroxylation sites is 1. The number of hydrogen-bond acceptors (Lipinski definition) is 27. The van der Waals surface area contributed by atoms with Crippen molar-refractivity contribution >= 4 is 115 Å². The second-order valence-corrected chi connectivity index (χ2v) is 21.3. The fourth-order valence-electron chi connectivity index (χ4n) is 5.70. The normalized spacial score (nSPS) is 11.9. The summed E-state index contributed by atoms with van der Waals surface area (Å²) in [5.41, 5.74) is -0.251. The fraction of sp³-hybridized carbons (Fsp3) is 0.194. The summed E-state index contributed by atoms with van der Waals surface area (Å²) in [6.07, 6.45) is 0. The molecule has 0 fully saturated rings. The number of phenolic OH excluding ortho intramolecular Hbond substituents is 1. The van der Waals surface area contributed by atoms with E-state index in [0.29, 0.717) is 0 Å². The van der Waals surface area contributed by atoms with Crippen LogP contribution >= 0.6 is 24.4 Å². The second-order valence-electron chi connectivity index (χ2n) is 13.2. The molecule has 36 heteroatoms. The number of carbonyl (C=O) groups is 1. The molecule has 0 atom stereocenters. The van der Waals surface area contributed by atoms with Gasteiger partial charge in [-0.1, -0.05) is 24.3 Å². The van der Waals surface area contributed by atoms with Crippen LogP contribution in [-0.2, 0) is 67.3 Å². The molecule has 0 aromatic heterocycles. The first kappa shape index (κ1) is 68.7. The number of nitrogens with one attached hydrogen (secondary N) is 1. The van der Waals surface area contributed by atoms with Crippen LogP contribution in [0.1, 0.15) is 10.4 Å². The molecule has 5 rings (SSSR count). The molecule has 26 nitrogen and oxygen atoms in total. The van der Waals surface area contributed by atoms with Crippen LogP contribution in [0.15, 0.2) is 127 Å². The van der Waals surface area contributed by atoms with Crippen LogP contribution in [-0.4, -0.2) is 96.7 Å². The smallest absolute Gasteiger partial charge is 0.747 e. The van der Waals surface area contributed by atoms with Crippen molar-refractivity contribution in [3.63, 3.8) is 0 Å². The Bertz CT molecular complexity index is 3100. The van der Waals surface area contributed by atoms with Crippen molar-refractivity contribution in [2.75, 3.05) is 53.1 Å². The molecule has 72 heavy (non-hydrogen) atoms. The van der Waals surface area contributed by atoms with E-state index in [1.165, 1.54) is 78.9 Å². The first-order valence-corrected chi connectivity index (χ1v) is 26.3. The fourth-order valence-corrected chi connectivity index (χ4v) is 9.32. The van der Waals surface area contributed by atoms with Crippen molar-refractivity contribution < 1.29 is 209 Å². The monoisotopic (exact) mass is 1150 g/mol. The summed E-state index contributed by atoms with van der Waals surface area (Å²) >= 11 is 0.386. The molecule has 0 bridgehead atoms. The van der Waals surface area contributed by atoms with Crippen LogP contribution in [0.4, 0.5) is 34.1 Å². The molecular weight excluding hydrogens is 1120 g/mol. The number of anilines is 2. The molecular formula is C36H32N6Na4O20S6.